The van der Waals surface area contributed by atoms with Crippen molar-refractivity contribution in [2.45, 2.75) is 31.2 Å². The number of rotatable bonds is 2. The Morgan fingerprint density at radius 3 is 2.33 bits per heavy atom. The number of carbonyl (C=O) groups excluding carboxylic acids is 2. The maximum Gasteiger partial charge on any atom is 0.228 e. The molecule has 4 nitrogen and oxygen atoms in total. The first-order chi connectivity index (χ1) is 11.6. The van der Waals surface area contributed by atoms with Crippen LogP contribution in [-0.4, -0.2) is 24.9 Å². The van der Waals surface area contributed by atoms with Gasteiger partial charge >= 0.3 is 0 Å². The molecule has 1 heterocycles. The van der Waals surface area contributed by atoms with Gasteiger partial charge in [0.2, 0.25) is 11.8 Å². The predicted molar refractivity (Wildman–Crippen MR) is 93.0 cm³/mol. The second kappa shape index (κ2) is 5.78. The van der Waals surface area contributed by atoms with Gasteiger partial charge < -0.3 is 10.2 Å². The van der Waals surface area contributed by atoms with Crippen LogP contribution in [0.25, 0.3) is 0 Å². The van der Waals surface area contributed by atoms with Gasteiger partial charge in [-0.1, -0.05) is 42.5 Å². The Morgan fingerprint density at radius 2 is 1.62 bits per heavy atom. The van der Waals surface area contributed by atoms with Crippen LogP contribution in [0.5, 0.6) is 0 Å². The maximum atomic E-state index is 12.8. The molecule has 4 heteroatoms. The SMILES string of the molecule is CN1C(=O)C[C@H](C(=O)NC2Cc3ccccc3C2)c2ccccc21. The van der Waals surface area contributed by atoms with E-state index in [-0.39, 0.29) is 24.3 Å². The van der Waals surface area contributed by atoms with Gasteiger partial charge in [-0.25, -0.2) is 0 Å². The van der Waals surface area contributed by atoms with E-state index in [9.17, 15) is 9.59 Å². The molecule has 0 fully saturated rings. The number of nitrogens with one attached hydrogen (secondary N) is 1. The van der Waals surface area contributed by atoms with Crippen molar-refractivity contribution >= 4 is 17.5 Å². The van der Waals surface area contributed by atoms with E-state index in [4.69, 9.17) is 0 Å². The van der Waals surface area contributed by atoms with Crippen LogP contribution in [0.2, 0.25) is 0 Å². The molecule has 2 aromatic rings. The number of benzene rings is 2. The molecule has 1 aliphatic heterocycles. The number of amides is 2. The van der Waals surface area contributed by atoms with Crippen molar-refractivity contribution in [2.75, 3.05) is 11.9 Å². The molecular formula is C20H20N2O2. The molecule has 0 saturated heterocycles. The molecule has 0 radical (unpaired) electrons. The van der Waals surface area contributed by atoms with Crippen molar-refractivity contribution in [3.63, 3.8) is 0 Å². The molecule has 1 N–H and O–H groups in total. The molecule has 24 heavy (non-hydrogen) atoms. The van der Waals surface area contributed by atoms with E-state index in [1.807, 2.05) is 36.4 Å². The van der Waals surface area contributed by atoms with Crippen molar-refractivity contribution in [2.24, 2.45) is 0 Å². The molecule has 2 aliphatic rings. The standard InChI is InChI=1S/C20H20N2O2/c1-22-18-9-5-4-8-16(18)17(12-19(22)23)20(24)21-15-10-13-6-2-3-7-14(13)11-15/h2-9,15,17H,10-12H2,1H3,(H,21,24)/t17-/m0/s1. The highest BCUT2D eigenvalue weighted by atomic mass is 16.2. The fourth-order valence-corrected chi connectivity index (χ4v) is 3.84. The summed E-state index contributed by atoms with van der Waals surface area (Å²) in [4.78, 5) is 26.7. The maximum absolute atomic E-state index is 12.8. The number of fused-ring (bicyclic) bond motifs is 2. The Kier molecular flexibility index (Phi) is 3.60. The molecule has 0 spiro atoms. The first kappa shape index (κ1) is 14.9. The zero-order chi connectivity index (χ0) is 16.7. The summed E-state index contributed by atoms with van der Waals surface area (Å²) in [6.45, 7) is 0. The number of anilines is 1. The van der Waals surface area contributed by atoms with E-state index in [2.05, 4.69) is 17.4 Å². The second-order valence-electron chi connectivity index (χ2n) is 6.65. The number of nitrogens with zero attached hydrogens (tertiary/aromatic N) is 1. The lowest BCUT2D eigenvalue weighted by Crippen LogP contribution is -2.43. The minimum atomic E-state index is -0.395. The van der Waals surface area contributed by atoms with Crippen LogP contribution in [0.4, 0.5) is 5.69 Å². The molecule has 1 aliphatic carbocycles. The number of carbonyl (C=O) groups is 2. The van der Waals surface area contributed by atoms with E-state index >= 15 is 0 Å². The molecule has 0 aromatic heterocycles. The van der Waals surface area contributed by atoms with Gasteiger partial charge in [0.1, 0.15) is 0 Å². The highest BCUT2D eigenvalue weighted by Gasteiger charge is 2.35. The molecule has 2 aromatic carbocycles. The predicted octanol–water partition coefficient (Wildman–Crippen LogP) is 2.42. The van der Waals surface area contributed by atoms with Crippen LogP contribution in [-0.2, 0) is 22.4 Å². The van der Waals surface area contributed by atoms with E-state index in [0.717, 1.165) is 24.1 Å². The molecule has 4 rings (SSSR count). The molecule has 1 atom stereocenters. The normalized spacial score (nSPS) is 19.8. The van der Waals surface area contributed by atoms with E-state index in [1.54, 1.807) is 11.9 Å². The Morgan fingerprint density at radius 1 is 1.00 bits per heavy atom. The molecule has 0 unspecified atom stereocenters. The van der Waals surface area contributed by atoms with E-state index < -0.39 is 5.92 Å². The first-order valence-electron chi connectivity index (χ1n) is 8.36. The van der Waals surface area contributed by atoms with Crippen molar-refractivity contribution in [3.8, 4) is 0 Å². The second-order valence-corrected chi connectivity index (χ2v) is 6.65. The van der Waals surface area contributed by atoms with Crippen molar-refractivity contribution in [1.29, 1.82) is 0 Å². The summed E-state index contributed by atoms with van der Waals surface area (Å²) in [5, 5.41) is 3.16. The average molecular weight is 320 g/mol. The van der Waals surface area contributed by atoms with Gasteiger partial charge in [0, 0.05) is 25.2 Å². The van der Waals surface area contributed by atoms with Crippen LogP contribution in [0, 0.1) is 0 Å². The third-order valence-corrected chi connectivity index (χ3v) is 5.14. The monoisotopic (exact) mass is 320 g/mol. The summed E-state index contributed by atoms with van der Waals surface area (Å²) in [6, 6.07) is 16.1. The lowest BCUT2D eigenvalue weighted by Gasteiger charge is -2.31. The fourth-order valence-electron chi connectivity index (χ4n) is 3.84. The third kappa shape index (κ3) is 2.48. The summed E-state index contributed by atoms with van der Waals surface area (Å²) in [6.07, 6.45) is 1.97. The Hall–Kier alpha value is -2.62. The molecule has 0 bridgehead atoms. The quantitative estimate of drug-likeness (QED) is 0.924. The summed E-state index contributed by atoms with van der Waals surface area (Å²) in [5.41, 5.74) is 4.39. The van der Waals surface area contributed by atoms with Gasteiger partial charge in [0.05, 0.1) is 5.92 Å². The first-order valence-corrected chi connectivity index (χ1v) is 8.36. The van der Waals surface area contributed by atoms with Crippen LogP contribution >= 0.6 is 0 Å². The highest BCUT2D eigenvalue weighted by molar-refractivity contribution is 6.02. The minimum absolute atomic E-state index is 0.0106. The van der Waals surface area contributed by atoms with Gasteiger partial charge in [0.25, 0.3) is 0 Å². The number of hydrogen-bond acceptors (Lipinski definition) is 2. The Labute approximate surface area is 141 Å². The van der Waals surface area contributed by atoms with Crippen LogP contribution < -0.4 is 10.2 Å². The largest absolute Gasteiger partial charge is 0.352 e. The van der Waals surface area contributed by atoms with Gasteiger partial charge in [-0.15, -0.1) is 0 Å². The zero-order valence-electron chi connectivity index (χ0n) is 13.7. The van der Waals surface area contributed by atoms with Gasteiger partial charge in [-0.3, -0.25) is 9.59 Å². The molecule has 122 valence electrons. The van der Waals surface area contributed by atoms with Crippen LogP contribution in [0.1, 0.15) is 29.0 Å². The van der Waals surface area contributed by atoms with Crippen LogP contribution in [0.3, 0.4) is 0 Å². The summed E-state index contributed by atoms with van der Waals surface area (Å²) in [7, 11) is 1.77. The smallest absolute Gasteiger partial charge is 0.228 e. The van der Waals surface area contributed by atoms with Crippen molar-refractivity contribution in [3.05, 3.63) is 65.2 Å². The number of hydrogen-bond donors (Lipinski definition) is 1. The van der Waals surface area contributed by atoms with E-state index in [0.29, 0.717) is 0 Å². The summed E-state index contributed by atoms with van der Waals surface area (Å²) >= 11 is 0. The number of para-hydroxylation sites is 1. The van der Waals surface area contributed by atoms with Gasteiger partial charge in [0.15, 0.2) is 0 Å². The highest BCUT2D eigenvalue weighted by Crippen LogP contribution is 2.35. The Bertz CT molecular complexity index is 790. The van der Waals surface area contributed by atoms with Crippen LogP contribution in [0.15, 0.2) is 48.5 Å². The van der Waals surface area contributed by atoms with Crippen molar-refractivity contribution < 1.29 is 9.59 Å². The minimum Gasteiger partial charge on any atom is -0.352 e. The Balaban J connectivity index is 1.53. The lowest BCUT2D eigenvalue weighted by molar-refractivity contribution is -0.127. The van der Waals surface area contributed by atoms with Crippen molar-refractivity contribution in [1.82, 2.24) is 5.32 Å². The topological polar surface area (TPSA) is 49.4 Å². The van der Waals surface area contributed by atoms with Gasteiger partial charge in [-0.2, -0.15) is 0 Å². The van der Waals surface area contributed by atoms with Gasteiger partial charge in [-0.05, 0) is 35.6 Å². The summed E-state index contributed by atoms with van der Waals surface area (Å²) in [5.74, 6) is -0.445. The molecular weight excluding hydrogens is 300 g/mol. The lowest BCUT2D eigenvalue weighted by atomic mass is 9.88. The molecule has 2 amide bonds. The van der Waals surface area contributed by atoms with E-state index in [1.165, 1.54) is 11.1 Å². The zero-order valence-corrected chi connectivity index (χ0v) is 13.7. The summed E-state index contributed by atoms with van der Waals surface area (Å²) < 4.78 is 0. The average Bonchev–Trinajstić information content (AvgIpc) is 3.00. The fraction of sp³-hybridized carbons (Fsp3) is 0.300. The third-order valence-electron chi connectivity index (χ3n) is 5.14. The molecule has 0 saturated carbocycles.